The molecule has 1 aliphatic heterocycles. The van der Waals surface area contributed by atoms with E-state index in [2.05, 4.69) is 5.32 Å². The van der Waals surface area contributed by atoms with Crippen molar-refractivity contribution in [3.63, 3.8) is 0 Å². The fourth-order valence-corrected chi connectivity index (χ4v) is 3.55. The van der Waals surface area contributed by atoms with Crippen molar-refractivity contribution in [2.75, 3.05) is 11.9 Å². The predicted octanol–water partition coefficient (Wildman–Crippen LogP) is 3.59. The van der Waals surface area contributed by atoms with Crippen LogP contribution in [-0.4, -0.2) is 30.4 Å². The molecule has 0 spiro atoms. The number of hydrogen-bond acceptors (Lipinski definition) is 5. The lowest BCUT2D eigenvalue weighted by Gasteiger charge is -2.19. The Bertz CT molecular complexity index is 973. The van der Waals surface area contributed by atoms with Crippen molar-refractivity contribution in [2.45, 2.75) is 25.4 Å². The number of rotatable bonds is 5. The highest BCUT2D eigenvalue weighted by atomic mass is 35.5. The average Bonchev–Trinajstić information content (AvgIpc) is 3.48. The Balaban J connectivity index is 1.39. The minimum absolute atomic E-state index is 0.0521. The molecule has 1 fully saturated rings. The van der Waals surface area contributed by atoms with Crippen LogP contribution in [0.3, 0.4) is 0 Å². The first kappa shape index (κ1) is 18.5. The van der Waals surface area contributed by atoms with Gasteiger partial charge in [0.2, 0.25) is 5.78 Å². The summed E-state index contributed by atoms with van der Waals surface area (Å²) in [6, 6.07) is 12.2. The van der Waals surface area contributed by atoms with Crippen LogP contribution in [-0.2, 0) is 14.3 Å². The minimum Gasteiger partial charge on any atom is -0.482 e. The van der Waals surface area contributed by atoms with Crippen LogP contribution in [0.2, 0.25) is 5.02 Å². The maximum atomic E-state index is 12.6. The van der Waals surface area contributed by atoms with Gasteiger partial charge in [-0.1, -0.05) is 23.7 Å². The third kappa shape index (κ3) is 3.73. The van der Waals surface area contributed by atoms with Crippen LogP contribution in [0.15, 0.2) is 42.5 Å². The smallest absolute Gasteiger partial charge is 0.310 e. The second kappa shape index (κ2) is 7.28. The van der Waals surface area contributed by atoms with Crippen molar-refractivity contribution in [1.82, 2.24) is 0 Å². The van der Waals surface area contributed by atoms with E-state index >= 15 is 0 Å². The highest BCUT2D eigenvalue weighted by molar-refractivity contribution is 6.30. The maximum absolute atomic E-state index is 12.6. The van der Waals surface area contributed by atoms with Gasteiger partial charge in [0.1, 0.15) is 5.75 Å². The van der Waals surface area contributed by atoms with E-state index in [0.29, 0.717) is 28.4 Å². The van der Waals surface area contributed by atoms with E-state index in [1.807, 2.05) is 18.2 Å². The van der Waals surface area contributed by atoms with Crippen LogP contribution in [0.1, 0.15) is 35.2 Å². The molecule has 0 saturated heterocycles. The monoisotopic (exact) mass is 399 g/mol. The number of carbonyl (C=O) groups is 3. The molecule has 7 heteroatoms. The largest absolute Gasteiger partial charge is 0.482 e. The molecule has 144 valence electrons. The SMILES string of the molecule is C[C@H](OC(=O)[C@H]1C[C@@H]1c1cccc(Cl)c1)C(=O)c1ccc2c(c1)NC(=O)CO2. The molecule has 1 aliphatic carbocycles. The number of nitrogens with one attached hydrogen (secondary N) is 1. The molecule has 0 bridgehead atoms. The number of esters is 1. The molecule has 6 nitrogen and oxygen atoms in total. The molecule has 1 N–H and O–H groups in total. The lowest BCUT2D eigenvalue weighted by Crippen LogP contribution is -2.27. The molecule has 2 aromatic carbocycles. The number of ketones is 1. The summed E-state index contributed by atoms with van der Waals surface area (Å²) in [5.41, 5.74) is 1.77. The Morgan fingerprint density at radius 3 is 2.86 bits per heavy atom. The number of hydrogen-bond donors (Lipinski definition) is 1. The van der Waals surface area contributed by atoms with Gasteiger partial charge in [0, 0.05) is 10.6 Å². The zero-order valence-corrected chi connectivity index (χ0v) is 15.9. The lowest BCUT2D eigenvalue weighted by molar-refractivity contribution is -0.148. The molecule has 4 rings (SSSR count). The summed E-state index contributed by atoms with van der Waals surface area (Å²) in [6.45, 7) is 1.50. The number of fused-ring (bicyclic) bond motifs is 1. The average molecular weight is 400 g/mol. The first-order valence-electron chi connectivity index (χ1n) is 8.99. The van der Waals surface area contributed by atoms with E-state index < -0.39 is 6.10 Å². The number of anilines is 1. The second-order valence-corrected chi connectivity index (χ2v) is 7.43. The van der Waals surface area contributed by atoms with E-state index in [-0.39, 0.29) is 36.1 Å². The van der Waals surface area contributed by atoms with Crippen molar-refractivity contribution >= 4 is 34.9 Å². The van der Waals surface area contributed by atoms with Gasteiger partial charge in [0.25, 0.3) is 5.91 Å². The summed E-state index contributed by atoms with van der Waals surface area (Å²) in [5, 5.41) is 3.29. The van der Waals surface area contributed by atoms with Gasteiger partial charge in [-0.05, 0) is 55.2 Å². The first-order valence-corrected chi connectivity index (χ1v) is 9.37. The van der Waals surface area contributed by atoms with Crippen LogP contribution in [0, 0.1) is 5.92 Å². The molecule has 2 aromatic rings. The second-order valence-electron chi connectivity index (χ2n) is 6.99. The van der Waals surface area contributed by atoms with Crippen molar-refractivity contribution in [2.24, 2.45) is 5.92 Å². The fourth-order valence-electron chi connectivity index (χ4n) is 3.35. The third-order valence-corrected chi connectivity index (χ3v) is 5.16. The maximum Gasteiger partial charge on any atom is 0.310 e. The van der Waals surface area contributed by atoms with Gasteiger partial charge in [-0.3, -0.25) is 14.4 Å². The van der Waals surface area contributed by atoms with Crippen LogP contribution >= 0.6 is 11.6 Å². The fraction of sp³-hybridized carbons (Fsp3) is 0.286. The molecule has 2 aliphatic rings. The molecule has 1 amide bonds. The summed E-state index contributed by atoms with van der Waals surface area (Å²) >= 11 is 6.00. The standard InChI is InChI=1S/C21H18ClNO5/c1-11(20(25)13-5-6-18-17(8-13)23-19(24)10-27-18)28-21(26)16-9-15(16)12-3-2-4-14(22)7-12/h2-8,11,15-16H,9-10H2,1H3,(H,23,24)/t11-,15+,16-/m0/s1. The van der Waals surface area contributed by atoms with Crippen molar-refractivity contribution in [3.05, 3.63) is 58.6 Å². The van der Waals surface area contributed by atoms with Gasteiger partial charge >= 0.3 is 5.97 Å². The van der Waals surface area contributed by atoms with E-state index in [0.717, 1.165) is 5.56 Å². The summed E-state index contributed by atoms with van der Waals surface area (Å²) < 4.78 is 10.7. The highest BCUT2D eigenvalue weighted by Gasteiger charge is 2.46. The van der Waals surface area contributed by atoms with Crippen molar-refractivity contribution in [3.8, 4) is 5.75 Å². The molecule has 28 heavy (non-hydrogen) atoms. The van der Waals surface area contributed by atoms with Gasteiger partial charge < -0.3 is 14.8 Å². The molecule has 3 atom stereocenters. The number of Topliss-reactive ketones (excluding diaryl/α,β-unsaturated/α-hetero) is 1. The molecule has 0 radical (unpaired) electrons. The zero-order valence-electron chi connectivity index (χ0n) is 15.1. The van der Waals surface area contributed by atoms with Gasteiger partial charge in [-0.15, -0.1) is 0 Å². The zero-order chi connectivity index (χ0) is 19.8. The van der Waals surface area contributed by atoms with Crippen LogP contribution in [0.4, 0.5) is 5.69 Å². The molecule has 0 unspecified atom stereocenters. The summed E-state index contributed by atoms with van der Waals surface area (Å²) in [6.07, 6.45) is -0.242. The Morgan fingerprint density at radius 1 is 1.25 bits per heavy atom. The normalized spacial score (nSPS) is 21.0. The lowest BCUT2D eigenvalue weighted by atomic mass is 10.1. The van der Waals surface area contributed by atoms with E-state index in [1.165, 1.54) is 6.07 Å². The predicted molar refractivity (Wildman–Crippen MR) is 103 cm³/mol. The summed E-state index contributed by atoms with van der Waals surface area (Å²) in [7, 11) is 0. The van der Waals surface area contributed by atoms with Crippen molar-refractivity contribution in [1.29, 1.82) is 0 Å². The van der Waals surface area contributed by atoms with Gasteiger partial charge in [0.05, 0.1) is 11.6 Å². The Labute approximate surface area is 166 Å². The summed E-state index contributed by atoms with van der Waals surface area (Å²) in [5.74, 6) is -0.689. The number of amides is 1. The topological polar surface area (TPSA) is 81.7 Å². The summed E-state index contributed by atoms with van der Waals surface area (Å²) in [4.78, 5) is 36.5. The van der Waals surface area contributed by atoms with Gasteiger partial charge in [-0.2, -0.15) is 0 Å². The first-order chi connectivity index (χ1) is 13.4. The minimum atomic E-state index is -0.925. The Morgan fingerprint density at radius 2 is 2.07 bits per heavy atom. The van der Waals surface area contributed by atoms with E-state index in [9.17, 15) is 14.4 Å². The van der Waals surface area contributed by atoms with Crippen molar-refractivity contribution < 1.29 is 23.9 Å². The number of ether oxygens (including phenoxy) is 2. The third-order valence-electron chi connectivity index (χ3n) is 4.93. The Hall–Kier alpha value is -2.86. The molecule has 1 saturated carbocycles. The number of benzene rings is 2. The number of carbonyl (C=O) groups excluding carboxylic acids is 3. The molecular weight excluding hydrogens is 382 g/mol. The van der Waals surface area contributed by atoms with E-state index in [4.69, 9.17) is 21.1 Å². The quantitative estimate of drug-likeness (QED) is 0.613. The molecule has 1 heterocycles. The van der Waals surface area contributed by atoms with Crippen LogP contribution < -0.4 is 10.1 Å². The molecular formula is C21H18ClNO5. The van der Waals surface area contributed by atoms with Crippen LogP contribution in [0.25, 0.3) is 0 Å². The van der Waals surface area contributed by atoms with Crippen LogP contribution in [0.5, 0.6) is 5.75 Å². The van der Waals surface area contributed by atoms with Gasteiger partial charge in [-0.25, -0.2) is 0 Å². The van der Waals surface area contributed by atoms with E-state index in [1.54, 1.807) is 25.1 Å². The molecule has 0 aromatic heterocycles. The number of halogens is 1. The Kier molecular flexibility index (Phi) is 4.81. The highest BCUT2D eigenvalue weighted by Crippen LogP contribution is 2.48. The van der Waals surface area contributed by atoms with Gasteiger partial charge in [0.15, 0.2) is 12.7 Å².